The Bertz CT molecular complexity index is 460. The summed E-state index contributed by atoms with van der Waals surface area (Å²) in [5.74, 6) is -3.24. The fraction of sp³-hybridized carbons (Fsp3) is 0.824. The first-order valence-corrected chi connectivity index (χ1v) is 8.50. The van der Waals surface area contributed by atoms with Crippen molar-refractivity contribution < 1.29 is 58.5 Å². The second kappa shape index (κ2) is 11.2. The average molecular weight is 365 g/mol. The molecule has 0 amide bonds. The number of carbonyl (C=O) groups excluding carboxylic acids is 3. The second-order valence-electron chi connectivity index (χ2n) is 7.10. The van der Waals surface area contributed by atoms with Crippen LogP contribution in [0.15, 0.2) is 0 Å². The molecule has 1 aliphatic carbocycles. The Labute approximate surface area is 171 Å². The zero-order valence-corrected chi connectivity index (χ0v) is 17.8. The molecule has 2 N–H and O–H groups in total. The van der Waals surface area contributed by atoms with Crippen LogP contribution in [0.2, 0.25) is 0 Å². The molecule has 25 heavy (non-hydrogen) atoms. The van der Waals surface area contributed by atoms with Crippen molar-refractivity contribution in [1.29, 1.82) is 0 Å². The molecule has 0 bridgehead atoms. The van der Waals surface area contributed by atoms with E-state index in [1.165, 1.54) is 0 Å². The SMILES string of the molecule is CC(C)C(=O)OC(OC(=O)C(N)C1CCC(C(=O)[O-])CC1)C(C)C.[Na+]. The molecule has 0 radical (unpaired) electrons. The molecule has 0 aromatic carbocycles. The zero-order valence-electron chi connectivity index (χ0n) is 15.8. The van der Waals surface area contributed by atoms with E-state index in [9.17, 15) is 19.5 Å². The van der Waals surface area contributed by atoms with E-state index >= 15 is 0 Å². The molecule has 0 aromatic heterocycles. The number of hydrogen-bond donors (Lipinski definition) is 1. The molecule has 1 rings (SSSR count). The number of aliphatic carboxylic acids is 1. The van der Waals surface area contributed by atoms with Gasteiger partial charge >= 0.3 is 41.5 Å². The van der Waals surface area contributed by atoms with Gasteiger partial charge in [0.05, 0.1) is 5.92 Å². The van der Waals surface area contributed by atoms with E-state index in [1.54, 1.807) is 27.7 Å². The van der Waals surface area contributed by atoms with Crippen molar-refractivity contribution in [3.05, 3.63) is 0 Å². The largest absolute Gasteiger partial charge is 1.00 e. The van der Waals surface area contributed by atoms with Gasteiger partial charge in [0.15, 0.2) is 0 Å². The van der Waals surface area contributed by atoms with Crippen molar-refractivity contribution in [2.45, 2.75) is 65.7 Å². The van der Waals surface area contributed by atoms with E-state index in [0.29, 0.717) is 25.7 Å². The van der Waals surface area contributed by atoms with Gasteiger partial charge in [0.2, 0.25) is 6.29 Å². The molecule has 0 saturated heterocycles. The Morgan fingerprint density at radius 3 is 1.84 bits per heavy atom. The van der Waals surface area contributed by atoms with Crippen LogP contribution in [0.25, 0.3) is 0 Å². The molecule has 0 aliphatic heterocycles. The normalized spacial score (nSPS) is 22.7. The number of carbonyl (C=O) groups is 3. The maximum atomic E-state index is 12.3. The Balaban J connectivity index is 0.00000576. The summed E-state index contributed by atoms with van der Waals surface area (Å²) < 4.78 is 10.5. The van der Waals surface area contributed by atoms with Crippen LogP contribution >= 0.6 is 0 Å². The predicted octanol–water partition coefficient (Wildman–Crippen LogP) is -2.40. The van der Waals surface area contributed by atoms with Crippen LogP contribution in [0.4, 0.5) is 0 Å². The number of carboxylic acids is 1. The molecule has 138 valence electrons. The van der Waals surface area contributed by atoms with Gasteiger partial charge in [-0.25, -0.2) is 0 Å². The minimum Gasteiger partial charge on any atom is -0.550 e. The van der Waals surface area contributed by atoms with Crippen LogP contribution < -0.4 is 40.4 Å². The maximum Gasteiger partial charge on any atom is 1.00 e. The van der Waals surface area contributed by atoms with Gasteiger partial charge < -0.3 is 25.1 Å². The van der Waals surface area contributed by atoms with Crippen molar-refractivity contribution in [3.63, 3.8) is 0 Å². The standard InChI is InChI=1S/C17H29NO6.Na/c1-9(2)15(21)23-17(10(3)4)24-16(22)13(18)11-5-7-12(8-6-11)14(19)20;/h9-13,17H,5-8,18H2,1-4H3,(H,19,20);/q;+1/p-1. The number of hydrogen-bond acceptors (Lipinski definition) is 7. The maximum absolute atomic E-state index is 12.3. The summed E-state index contributed by atoms with van der Waals surface area (Å²) in [5.41, 5.74) is 5.97. The van der Waals surface area contributed by atoms with E-state index in [0.717, 1.165) is 0 Å². The summed E-state index contributed by atoms with van der Waals surface area (Å²) in [6.45, 7) is 6.95. The third-order valence-electron chi connectivity index (χ3n) is 4.37. The van der Waals surface area contributed by atoms with Gasteiger partial charge in [0.1, 0.15) is 6.04 Å². The van der Waals surface area contributed by atoms with Crippen LogP contribution in [0.3, 0.4) is 0 Å². The molecule has 0 aromatic rings. The smallest absolute Gasteiger partial charge is 0.550 e. The minimum atomic E-state index is -1.05. The number of carboxylic acid groups (broad SMARTS) is 1. The third kappa shape index (κ3) is 7.64. The Morgan fingerprint density at radius 2 is 1.44 bits per heavy atom. The predicted molar refractivity (Wildman–Crippen MR) is 84.1 cm³/mol. The molecule has 0 spiro atoms. The van der Waals surface area contributed by atoms with E-state index in [-0.39, 0.29) is 47.3 Å². The molecule has 7 nitrogen and oxygen atoms in total. The Morgan fingerprint density at radius 1 is 0.960 bits per heavy atom. The van der Waals surface area contributed by atoms with Crippen LogP contribution in [0, 0.1) is 23.7 Å². The van der Waals surface area contributed by atoms with Gasteiger partial charge in [-0.2, -0.15) is 0 Å². The van der Waals surface area contributed by atoms with Gasteiger partial charge in [-0.05, 0) is 37.5 Å². The number of nitrogens with two attached hydrogens (primary N) is 1. The molecule has 1 fully saturated rings. The van der Waals surface area contributed by atoms with E-state index in [2.05, 4.69) is 0 Å². The van der Waals surface area contributed by atoms with Crippen molar-refractivity contribution in [1.82, 2.24) is 0 Å². The fourth-order valence-corrected chi connectivity index (χ4v) is 2.65. The second-order valence-corrected chi connectivity index (χ2v) is 7.10. The van der Waals surface area contributed by atoms with Gasteiger partial charge in [0.25, 0.3) is 0 Å². The molecular formula is C17H28NNaO6. The number of ether oxygens (including phenoxy) is 2. The molecule has 8 heteroatoms. The van der Waals surface area contributed by atoms with E-state index in [1.807, 2.05) is 0 Å². The van der Waals surface area contributed by atoms with Gasteiger partial charge in [-0.1, -0.05) is 27.7 Å². The van der Waals surface area contributed by atoms with Crippen LogP contribution in [-0.2, 0) is 23.9 Å². The van der Waals surface area contributed by atoms with Crippen LogP contribution in [0.1, 0.15) is 53.4 Å². The fourth-order valence-electron chi connectivity index (χ4n) is 2.65. The topological polar surface area (TPSA) is 119 Å². The zero-order chi connectivity index (χ0) is 18.4. The Kier molecular flexibility index (Phi) is 10.9. The summed E-state index contributed by atoms with van der Waals surface area (Å²) in [7, 11) is 0. The van der Waals surface area contributed by atoms with Crippen molar-refractivity contribution in [3.8, 4) is 0 Å². The van der Waals surface area contributed by atoms with E-state index in [4.69, 9.17) is 15.2 Å². The number of esters is 2. The first kappa shape index (κ1) is 24.4. The summed E-state index contributed by atoms with van der Waals surface area (Å²) in [5, 5.41) is 10.9. The minimum absolute atomic E-state index is 0. The summed E-state index contributed by atoms with van der Waals surface area (Å²) in [4.78, 5) is 34.8. The van der Waals surface area contributed by atoms with Crippen molar-refractivity contribution in [2.75, 3.05) is 0 Å². The third-order valence-corrected chi connectivity index (χ3v) is 4.37. The van der Waals surface area contributed by atoms with E-state index < -0.39 is 36.2 Å². The monoisotopic (exact) mass is 365 g/mol. The average Bonchev–Trinajstić information content (AvgIpc) is 2.53. The van der Waals surface area contributed by atoms with Crippen molar-refractivity contribution in [2.24, 2.45) is 29.4 Å². The van der Waals surface area contributed by atoms with Gasteiger partial charge in [0, 0.05) is 11.9 Å². The molecule has 1 saturated carbocycles. The molecule has 0 heterocycles. The molecule has 2 atom stereocenters. The van der Waals surface area contributed by atoms with Crippen molar-refractivity contribution >= 4 is 17.9 Å². The van der Waals surface area contributed by atoms with Gasteiger partial charge in [-0.3, -0.25) is 9.59 Å². The number of rotatable bonds is 7. The molecule has 2 unspecified atom stereocenters. The quantitative estimate of drug-likeness (QED) is 0.303. The summed E-state index contributed by atoms with van der Waals surface area (Å²) in [6.07, 6.45) is 0.992. The molecular weight excluding hydrogens is 337 g/mol. The summed E-state index contributed by atoms with van der Waals surface area (Å²) in [6, 6.07) is -0.855. The van der Waals surface area contributed by atoms with Crippen LogP contribution in [-0.4, -0.2) is 30.2 Å². The van der Waals surface area contributed by atoms with Crippen LogP contribution in [0.5, 0.6) is 0 Å². The first-order valence-electron chi connectivity index (χ1n) is 8.50. The van der Waals surface area contributed by atoms with Gasteiger partial charge in [-0.15, -0.1) is 0 Å². The molecule has 1 aliphatic rings. The first-order chi connectivity index (χ1) is 11.1. The summed E-state index contributed by atoms with van der Waals surface area (Å²) >= 11 is 0. The Hall–Kier alpha value is -0.630.